The zero-order valence-corrected chi connectivity index (χ0v) is 7.16. The molecule has 0 unspecified atom stereocenters. The van der Waals surface area contributed by atoms with E-state index in [1.807, 2.05) is 13.1 Å². The van der Waals surface area contributed by atoms with E-state index in [-0.39, 0.29) is 0 Å². The summed E-state index contributed by atoms with van der Waals surface area (Å²) in [4.78, 5) is 9.38. The second-order valence-corrected chi connectivity index (χ2v) is 2.90. The molecule has 1 aliphatic rings. The lowest BCUT2D eigenvalue weighted by Gasteiger charge is -2.38. The van der Waals surface area contributed by atoms with Crippen molar-refractivity contribution >= 4 is 5.95 Å². The number of aromatic amines is 1. The van der Waals surface area contributed by atoms with E-state index in [0.29, 0.717) is 6.10 Å². The van der Waals surface area contributed by atoms with E-state index in [9.17, 15) is 0 Å². The number of hydrogen-bond donors (Lipinski definition) is 1. The van der Waals surface area contributed by atoms with Crippen LogP contribution in [-0.2, 0) is 4.74 Å². The highest BCUT2D eigenvalue weighted by Gasteiger charge is 2.28. The van der Waals surface area contributed by atoms with Gasteiger partial charge in [0.2, 0.25) is 5.95 Å². The van der Waals surface area contributed by atoms with E-state index in [0.717, 1.165) is 25.6 Å². The smallest absolute Gasteiger partial charge is 0.202 e. The first-order valence-electron chi connectivity index (χ1n) is 4.26. The van der Waals surface area contributed by atoms with E-state index in [1.54, 1.807) is 6.20 Å². The summed E-state index contributed by atoms with van der Waals surface area (Å²) in [5, 5.41) is 0. The summed E-state index contributed by atoms with van der Waals surface area (Å²) in [5.41, 5.74) is 0. The number of ether oxygens (including phenoxy) is 1. The first-order chi connectivity index (χ1) is 5.90. The summed E-state index contributed by atoms with van der Waals surface area (Å²) in [6, 6.07) is 0. The van der Waals surface area contributed by atoms with Crippen LogP contribution in [0.25, 0.3) is 0 Å². The van der Waals surface area contributed by atoms with Crippen molar-refractivity contribution in [1.29, 1.82) is 0 Å². The summed E-state index contributed by atoms with van der Waals surface area (Å²) in [6.45, 7) is 4.74. The Balaban J connectivity index is 1.82. The van der Waals surface area contributed by atoms with Crippen molar-refractivity contribution in [2.24, 2.45) is 0 Å². The molecule has 0 aromatic carbocycles. The molecule has 4 heteroatoms. The normalized spacial score (nSPS) is 17.9. The highest BCUT2D eigenvalue weighted by Crippen LogP contribution is 2.17. The van der Waals surface area contributed by atoms with Gasteiger partial charge in [0.1, 0.15) is 0 Å². The van der Waals surface area contributed by atoms with Gasteiger partial charge in [-0.2, -0.15) is 0 Å². The van der Waals surface area contributed by atoms with Crippen molar-refractivity contribution in [3.8, 4) is 0 Å². The van der Waals surface area contributed by atoms with E-state index in [1.165, 1.54) is 0 Å². The minimum atomic E-state index is 0.403. The molecule has 66 valence electrons. The van der Waals surface area contributed by atoms with Crippen LogP contribution in [0.3, 0.4) is 0 Å². The number of aromatic nitrogens is 2. The van der Waals surface area contributed by atoms with Crippen molar-refractivity contribution in [3.63, 3.8) is 0 Å². The van der Waals surface area contributed by atoms with Gasteiger partial charge in [0.15, 0.2) is 0 Å². The number of nitrogens with zero attached hydrogens (tertiary/aromatic N) is 2. The quantitative estimate of drug-likeness (QED) is 0.718. The largest absolute Gasteiger partial charge is 0.375 e. The van der Waals surface area contributed by atoms with Gasteiger partial charge in [0.05, 0.1) is 6.10 Å². The van der Waals surface area contributed by atoms with Crippen LogP contribution in [0.4, 0.5) is 5.95 Å². The fourth-order valence-electron chi connectivity index (χ4n) is 1.38. The van der Waals surface area contributed by atoms with Crippen LogP contribution in [-0.4, -0.2) is 35.8 Å². The predicted molar refractivity (Wildman–Crippen MR) is 46.2 cm³/mol. The van der Waals surface area contributed by atoms with Gasteiger partial charge in [-0.1, -0.05) is 0 Å². The molecule has 1 fully saturated rings. The Hall–Kier alpha value is -1.03. The molecule has 0 bridgehead atoms. The third-order valence-corrected chi connectivity index (χ3v) is 2.03. The zero-order valence-electron chi connectivity index (χ0n) is 7.16. The summed E-state index contributed by atoms with van der Waals surface area (Å²) < 4.78 is 5.42. The molecule has 0 saturated carbocycles. The van der Waals surface area contributed by atoms with Crippen LogP contribution in [0.15, 0.2) is 12.4 Å². The van der Waals surface area contributed by atoms with Gasteiger partial charge in [-0.05, 0) is 6.92 Å². The maximum atomic E-state index is 5.42. The molecule has 2 rings (SSSR count). The maximum Gasteiger partial charge on any atom is 0.202 e. The summed E-state index contributed by atoms with van der Waals surface area (Å²) in [7, 11) is 0. The Morgan fingerprint density at radius 1 is 1.75 bits per heavy atom. The minimum absolute atomic E-state index is 0.403. The monoisotopic (exact) mass is 167 g/mol. The van der Waals surface area contributed by atoms with E-state index < -0.39 is 0 Å². The lowest BCUT2D eigenvalue weighted by atomic mass is 10.2. The third kappa shape index (κ3) is 1.30. The molecular formula is C8H13N3O. The Bertz CT molecular complexity index is 228. The fraction of sp³-hybridized carbons (Fsp3) is 0.625. The summed E-state index contributed by atoms with van der Waals surface area (Å²) in [5.74, 6) is 0.950. The molecular weight excluding hydrogens is 154 g/mol. The maximum absolute atomic E-state index is 5.42. The lowest BCUT2D eigenvalue weighted by Crippen LogP contribution is -2.52. The Labute approximate surface area is 71.6 Å². The van der Waals surface area contributed by atoms with Crippen LogP contribution in [0.2, 0.25) is 0 Å². The van der Waals surface area contributed by atoms with Crippen LogP contribution in [0, 0.1) is 0 Å². The van der Waals surface area contributed by atoms with Gasteiger partial charge >= 0.3 is 0 Å². The van der Waals surface area contributed by atoms with Gasteiger partial charge < -0.3 is 14.6 Å². The Morgan fingerprint density at radius 2 is 2.58 bits per heavy atom. The third-order valence-electron chi connectivity index (χ3n) is 2.03. The minimum Gasteiger partial charge on any atom is -0.375 e. The Kier molecular flexibility index (Phi) is 1.99. The fourth-order valence-corrected chi connectivity index (χ4v) is 1.38. The molecule has 2 heterocycles. The molecule has 1 saturated heterocycles. The first-order valence-corrected chi connectivity index (χ1v) is 4.26. The van der Waals surface area contributed by atoms with E-state index in [2.05, 4.69) is 14.9 Å². The second-order valence-electron chi connectivity index (χ2n) is 2.90. The number of H-pyrrole nitrogens is 1. The second kappa shape index (κ2) is 3.15. The van der Waals surface area contributed by atoms with Crippen LogP contribution >= 0.6 is 0 Å². The van der Waals surface area contributed by atoms with Crippen LogP contribution in [0.1, 0.15) is 6.92 Å². The number of anilines is 1. The molecule has 0 atom stereocenters. The van der Waals surface area contributed by atoms with Gasteiger partial charge in [0, 0.05) is 32.1 Å². The van der Waals surface area contributed by atoms with E-state index in [4.69, 9.17) is 4.74 Å². The van der Waals surface area contributed by atoms with Crippen molar-refractivity contribution in [3.05, 3.63) is 12.4 Å². The molecule has 1 N–H and O–H groups in total. The molecule has 1 aliphatic heterocycles. The molecule has 0 radical (unpaired) electrons. The van der Waals surface area contributed by atoms with Gasteiger partial charge in [-0.3, -0.25) is 0 Å². The molecule has 0 amide bonds. The molecule has 4 nitrogen and oxygen atoms in total. The molecule has 0 spiro atoms. The summed E-state index contributed by atoms with van der Waals surface area (Å²) >= 11 is 0. The number of imidazole rings is 1. The SMILES string of the molecule is CCOC1CN(c2ncc[nH]2)C1. The van der Waals surface area contributed by atoms with Gasteiger partial charge in [-0.25, -0.2) is 4.98 Å². The average molecular weight is 167 g/mol. The predicted octanol–water partition coefficient (Wildman–Crippen LogP) is 0.635. The highest BCUT2D eigenvalue weighted by atomic mass is 16.5. The van der Waals surface area contributed by atoms with Crippen LogP contribution in [0.5, 0.6) is 0 Å². The number of hydrogen-bond acceptors (Lipinski definition) is 3. The van der Waals surface area contributed by atoms with Gasteiger partial charge in [0.25, 0.3) is 0 Å². The van der Waals surface area contributed by atoms with E-state index >= 15 is 0 Å². The molecule has 0 aliphatic carbocycles. The van der Waals surface area contributed by atoms with Gasteiger partial charge in [-0.15, -0.1) is 0 Å². The lowest BCUT2D eigenvalue weighted by molar-refractivity contribution is 0.0424. The molecule has 1 aromatic heterocycles. The molecule has 12 heavy (non-hydrogen) atoms. The topological polar surface area (TPSA) is 41.1 Å². The van der Waals surface area contributed by atoms with Crippen molar-refractivity contribution in [1.82, 2.24) is 9.97 Å². The number of nitrogens with one attached hydrogen (secondary N) is 1. The van der Waals surface area contributed by atoms with Crippen LogP contribution < -0.4 is 4.90 Å². The highest BCUT2D eigenvalue weighted by molar-refractivity contribution is 5.33. The van der Waals surface area contributed by atoms with Crippen molar-refractivity contribution in [2.45, 2.75) is 13.0 Å². The average Bonchev–Trinajstić information content (AvgIpc) is 2.47. The Morgan fingerprint density at radius 3 is 3.17 bits per heavy atom. The number of rotatable bonds is 3. The first kappa shape index (κ1) is 7.61. The van der Waals surface area contributed by atoms with Crippen molar-refractivity contribution < 1.29 is 4.74 Å². The van der Waals surface area contributed by atoms with Crippen molar-refractivity contribution in [2.75, 3.05) is 24.6 Å². The standard InChI is InChI=1S/C8H13N3O/c1-2-12-7-5-11(6-7)8-9-3-4-10-8/h3-4,7H,2,5-6H2,1H3,(H,9,10). The molecule has 1 aromatic rings. The summed E-state index contributed by atoms with van der Waals surface area (Å²) in [6.07, 6.45) is 4.01. The zero-order chi connectivity index (χ0) is 8.39.